The fourth-order valence-electron chi connectivity index (χ4n) is 2.92. The van der Waals surface area contributed by atoms with E-state index in [4.69, 9.17) is 4.74 Å². The lowest BCUT2D eigenvalue weighted by Crippen LogP contribution is -2.11. The fraction of sp³-hybridized carbons (Fsp3) is 0.0870. The topological polar surface area (TPSA) is 76.1 Å². The first-order valence-electron chi connectivity index (χ1n) is 9.36. The van der Waals surface area contributed by atoms with Crippen molar-refractivity contribution in [1.82, 2.24) is 9.97 Å². The van der Waals surface area contributed by atoms with Crippen LogP contribution in [0, 0.1) is 0 Å². The Morgan fingerprint density at radius 3 is 2.14 bits per heavy atom. The molecule has 0 saturated heterocycles. The number of ether oxygens (including phenoxy) is 1. The Bertz CT molecular complexity index is 1130. The van der Waals surface area contributed by atoms with Crippen molar-refractivity contribution in [3.63, 3.8) is 0 Å². The van der Waals surface area contributed by atoms with Gasteiger partial charge in [-0.1, -0.05) is 30.3 Å². The van der Waals surface area contributed by atoms with Gasteiger partial charge in [-0.3, -0.25) is 0 Å². The Kier molecular flexibility index (Phi) is 5.33. The molecule has 2 N–H and O–H groups in total. The SMILES string of the molecule is CCOC(=O)c1nc(Nc2ccc(Nc3ccccc3)cc2)c2ccccc2n1. The van der Waals surface area contributed by atoms with Crippen LogP contribution in [0.3, 0.4) is 0 Å². The van der Waals surface area contributed by atoms with Gasteiger partial charge in [-0.05, 0) is 55.5 Å². The molecule has 0 saturated carbocycles. The van der Waals surface area contributed by atoms with Gasteiger partial charge in [-0.25, -0.2) is 14.8 Å². The van der Waals surface area contributed by atoms with E-state index in [1.807, 2.05) is 78.9 Å². The quantitative estimate of drug-likeness (QED) is 0.440. The number of hydrogen-bond donors (Lipinski definition) is 2. The number of nitrogens with one attached hydrogen (secondary N) is 2. The fourth-order valence-corrected chi connectivity index (χ4v) is 2.92. The lowest BCUT2D eigenvalue weighted by Gasteiger charge is -2.12. The Morgan fingerprint density at radius 2 is 1.41 bits per heavy atom. The predicted octanol–water partition coefficient (Wildman–Crippen LogP) is 5.29. The van der Waals surface area contributed by atoms with Crippen molar-refractivity contribution in [3.05, 3.63) is 84.7 Å². The van der Waals surface area contributed by atoms with Gasteiger partial charge in [0.15, 0.2) is 0 Å². The van der Waals surface area contributed by atoms with Crippen molar-refractivity contribution < 1.29 is 9.53 Å². The van der Waals surface area contributed by atoms with Crippen LogP contribution in [-0.4, -0.2) is 22.5 Å². The summed E-state index contributed by atoms with van der Waals surface area (Å²) >= 11 is 0. The van der Waals surface area contributed by atoms with Crippen molar-refractivity contribution >= 4 is 39.8 Å². The molecule has 1 aromatic heterocycles. The van der Waals surface area contributed by atoms with Gasteiger partial charge in [-0.2, -0.15) is 0 Å². The summed E-state index contributed by atoms with van der Waals surface area (Å²) in [6.07, 6.45) is 0. The molecule has 0 bridgehead atoms. The zero-order chi connectivity index (χ0) is 20.1. The zero-order valence-electron chi connectivity index (χ0n) is 15.9. The van der Waals surface area contributed by atoms with E-state index in [9.17, 15) is 4.79 Å². The van der Waals surface area contributed by atoms with Crippen LogP contribution in [0.5, 0.6) is 0 Å². The Balaban J connectivity index is 1.60. The number of anilines is 4. The normalized spacial score (nSPS) is 10.5. The summed E-state index contributed by atoms with van der Waals surface area (Å²) in [5, 5.41) is 7.46. The Morgan fingerprint density at radius 1 is 0.793 bits per heavy atom. The third-order valence-corrected chi connectivity index (χ3v) is 4.27. The molecule has 3 aromatic carbocycles. The van der Waals surface area contributed by atoms with Crippen molar-refractivity contribution in [2.75, 3.05) is 17.2 Å². The summed E-state index contributed by atoms with van der Waals surface area (Å²) < 4.78 is 5.05. The molecular weight excluding hydrogens is 364 g/mol. The van der Waals surface area contributed by atoms with Crippen molar-refractivity contribution in [3.8, 4) is 0 Å². The lowest BCUT2D eigenvalue weighted by atomic mass is 10.2. The molecule has 0 radical (unpaired) electrons. The van der Waals surface area contributed by atoms with Crippen LogP contribution >= 0.6 is 0 Å². The highest BCUT2D eigenvalue weighted by atomic mass is 16.5. The number of aromatic nitrogens is 2. The van der Waals surface area contributed by atoms with Crippen LogP contribution in [0.15, 0.2) is 78.9 Å². The minimum Gasteiger partial charge on any atom is -0.460 e. The van der Waals surface area contributed by atoms with Gasteiger partial charge >= 0.3 is 5.97 Å². The molecule has 4 rings (SSSR count). The van der Waals surface area contributed by atoms with E-state index in [0.717, 1.165) is 22.4 Å². The van der Waals surface area contributed by atoms with Crippen molar-refractivity contribution in [2.24, 2.45) is 0 Å². The minimum atomic E-state index is -0.538. The van der Waals surface area contributed by atoms with E-state index in [2.05, 4.69) is 20.6 Å². The molecular formula is C23H20N4O2. The first-order chi connectivity index (χ1) is 14.2. The maximum absolute atomic E-state index is 12.1. The summed E-state index contributed by atoms with van der Waals surface area (Å²) in [7, 11) is 0. The summed E-state index contributed by atoms with van der Waals surface area (Å²) in [5.41, 5.74) is 3.52. The molecule has 0 aliphatic carbocycles. The van der Waals surface area contributed by atoms with Crippen LogP contribution < -0.4 is 10.6 Å². The zero-order valence-corrected chi connectivity index (χ0v) is 15.9. The number of nitrogens with zero attached hydrogens (tertiary/aromatic N) is 2. The van der Waals surface area contributed by atoms with Crippen LogP contribution in [0.25, 0.3) is 10.9 Å². The van der Waals surface area contributed by atoms with E-state index < -0.39 is 5.97 Å². The van der Waals surface area contributed by atoms with Crippen molar-refractivity contribution in [1.29, 1.82) is 0 Å². The maximum Gasteiger partial charge on any atom is 0.376 e. The number of fused-ring (bicyclic) bond motifs is 1. The Labute approximate surface area is 168 Å². The molecule has 0 aliphatic rings. The highest BCUT2D eigenvalue weighted by molar-refractivity contribution is 5.95. The number of carbonyl (C=O) groups excluding carboxylic acids is 1. The highest BCUT2D eigenvalue weighted by Crippen LogP contribution is 2.25. The number of hydrogen-bond acceptors (Lipinski definition) is 6. The number of carbonyl (C=O) groups is 1. The van der Waals surface area contributed by atoms with Crippen molar-refractivity contribution in [2.45, 2.75) is 6.92 Å². The third kappa shape index (κ3) is 4.32. The second-order valence-corrected chi connectivity index (χ2v) is 6.33. The molecule has 0 aliphatic heterocycles. The van der Waals surface area contributed by atoms with E-state index >= 15 is 0 Å². The lowest BCUT2D eigenvalue weighted by molar-refractivity contribution is 0.0512. The number of rotatable bonds is 6. The number of esters is 1. The average Bonchev–Trinajstić information content (AvgIpc) is 2.76. The predicted molar refractivity (Wildman–Crippen MR) is 115 cm³/mol. The molecule has 1 heterocycles. The summed E-state index contributed by atoms with van der Waals surface area (Å²) in [6.45, 7) is 2.02. The molecule has 6 heteroatoms. The largest absolute Gasteiger partial charge is 0.460 e. The molecule has 0 atom stereocenters. The highest BCUT2D eigenvalue weighted by Gasteiger charge is 2.15. The van der Waals surface area contributed by atoms with Crippen LogP contribution in [0.1, 0.15) is 17.5 Å². The first kappa shape index (κ1) is 18.4. The summed E-state index contributed by atoms with van der Waals surface area (Å²) in [4.78, 5) is 20.8. The van der Waals surface area contributed by atoms with Gasteiger partial charge in [0.1, 0.15) is 5.82 Å². The molecule has 4 aromatic rings. The van der Waals surface area contributed by atoms with Crippen LogP contribution in [-0.2, 0) is 4.74 Å². The molecule has 0 unspecified atom stereocenters. The van der Waals surface area contributed by atoms with Gasteiger partial charge < -0.3 is 15.4 Å². The van der Waals surface area contributed by atoms with E-state index in [0.29, 0.717) is 11.3 Å². The number of para-hydroxylation sites is 2. The van der Waals surface area contributed by atoms with Gasteiger partial charge in [0.25, 0.3) is 0 Å². The monoisotopic (exact) mass is 384 g/mol. The second-order valence-electron chi connectivity index (χ2n) is 6.33. The van der Waals surface area contributed by atoms with Gasteiger partial charge in [0.05, 0.1) is 12.1 Å². The standard InChI is InChI=1S/C23H20N4O2/c1-2-29-23(28)22-26-20-11-7-6-10-19(20)21(27-22)25-18-14-12-17(13-15-18)24-16-8-4-3-5-9-16/h3-15,24H,2H2,1H3,(H,25,26,27). The minimum absolute atomic E-state index is 0.0374. The van der Waals surface area contributed by atoms with Crippen LogP contribution in [0.4, 0.5) is 22.9 Å². The summed E-state index contributed by atoms with van der Waals surface area (Å²) in [5.74, 6) is 0.0570. The third-order valence-electron chi connectivity index (χ3n) is 4.27. The molecule has 6 nitrogen and oxygen atoms in total. The van der Waals surface area contributed by atoms with Gasteiger partial charge in [-0.15, -0.1) is 0 Å². The molecule has 29 heavy (non-hydrogen) atoms. The van der Waals surface area contributed by atoms with Gasteiger partial charge in [0.2, 0.25) is 5.82 Å². The maximum atomic E-state index is 12.1. The average molecular weight is 384 g/mol. The molecule has 144 valence electrons. The summed E-state index contributed by atoms with van der Waals surface area (Å²) in [6, 6.07) is 25.4. The van der Waals surface area contributed by atoms with Crippen LogP contribution in [0.2, 0.25) is 0 Å². The van der Waals surface area contributed by atoms with E-state index in [-0.39, 0.29) is 12.4 Å². The Hall–Kier alpha value is -3.93. The molecule has 0 spiro atoms. The van der Waals surface area contributed by atoms with E-state index in [1.54, 1.807) is 6.92 Å². The second kappa shape index (κ2) is 8.39. The van der Waals surface area contributed by atoms with Gasteiger partial charge in [0, 0.05) is 22.4 Å². The van der Waals surface area contributed by atoms with E-state index in [1.165, 1.54) is 0 Å². The first-order valence-corrected chi connectivity index (χ1v) is 9.36. The smallest absolute Gasteiger partial charge is 0.376 e. The molecule has 0 fully saturated rings. The number of benzene rings is 3. The molecule has 0 amide bonds.